The summed E-state index contributed by atoms with van der Waals surface area (Å²) in [5.41, 5.74) is 0.758. The molecule has 1 aromatic rings. The first-order chi connectivity index (χ1) is 5.65. The third kappa shape index (κ3) is 1.96. The van der Waals surface area contributed by atoms with E-state index in [9.17, 15) is 0 Å². The van der Waals surface area contributed by atoms with Gasteiger partial charge in [0.2, 0.25) is 0 Å². The van der Waals surface area contributed by atoms with Crippen LogP contribution in [0.4, 0.5) is 0 Å². The first kappa shape index (κ1) is 9.50. The lowest BCUT2D eigenvalue weighted by atomic mass is 10.1. The van der Waals surface area contributed by atoms with E-state index in [1.807, 2.05) is 6.07 Å². The number of hydrogen-bond donors (Lipinski definition) is 0. The summed E-state index contributed by atoms with van der Waals surface area (Å²) in [6.45, 7) is 1.79. The first-order valence-corrected chi connectivity index (χ1v) is 4.53. The minimum atomic E-state index is -0.220. The second-order valence-corrected chi connectivity index (χ2v) is 3.66. The number of pyridine rings is 1. The smallest absolute Gasteiger partial charge is 0.133 e. The third-order valence-corrected chi connectivity index (χ3v) is 2.24. The molecule has 2 nitrogen and oxygen atoms in total. The van der Waals surface area contributed by atoms with Crippen LogP contribution in [0.5, 0.6) is 0 Å². The zero-order valence-corrected chi connectivity index (χ0v) is 8.72. The Hall–Kier alpha value is -0.590. The van der Waals surface area contributed by atoms with E-state index in [2.05, 4.69) is 27.0 Å². The molecule has 0 radical (unpaired) electrons. The quantitative estimate of drug-likeness (QED) is 0.713. The molecule has 0 spiro atoms. The lowest BCUT2D eigenvalue weighted by Gasteiger charge is -2.04. The highest BCUT2D eigenvalue weighted by molar-refractivity contribution is 9.10. The SMILES string of the molecule is CC(C#N)c1cc(Br)cnc1Cl. The van der Waals surface area contributed by atoms with Crippen LogP contribution in [-0.2, 0) is 0 Å². The fourth-order valence-electron chi connectivity index (χ4n) is 0.811. The zero-order valence-electron chi connectivity index (χ0n) is 6.38. The van der Waals surface area contributed by atoms with E-state index >= 15 is 0 Å². The van der Waals surface area contributed by atoms with Gasteiger partial charge in [0.25, 0.3) is 0 Å². The first-order valence-electron chi connectivity index (χ1n) is 3.35. The van der Waals surface area contributed by atoms with E-state index < -0.39 is 0 Å². The highest BCUT2D eigenvalue weighted by Gasteiger charge is 2.09. The van der Waals surface area contributed by atoms with Gasteiger partial charge in [0.15, 0.2) is 0 Å². The van der Waals surface area contributed by atoms with Gasteiger partial charge in [0, 0.05) is 16.2 Å². The van der Waals surface area contributed by atoms with Crippen molar-refractivity contribution in [2.24, 2.45) is 0 Å². The fourth-order valence-corrected chi connectivity index (χ4v) is 1.43. The van der Waals surface area contributed by atoms with Crippen LogP contribution < -0.4 is 0 Å². The van der Waals surface area contributed by atoms with E-state index in [0.717, 1.165) is 10.0 Å². The number of aromatic nitrogens is 1. The van der Waals surface area contributed by atoms with Crippen LogP contribution in [0.1, 0.15) is 18.4 Å². The average molecular weight is 246 g/mol. The largest absolute Gasteiger partial charge is 0.243 e. The molecule has 4 heteroatoms. The Balaban J connectivity index is 3.15. The van der Waals surface area contributed by atoms with Crippen LogP contribution in [0, 0.1) is 11.3 Å². The summed E-state index contributed by atoms with van der Waals surface area (Å²) >= 11 is 9.05. The minimum absolute atomic E-state index is 0.220. The molecule has 1 heterocycles. The van der Waals surface area contributed by atoms with Gasteiger partial charge in [-0.1, -0.05) is 11.6 Å². The van der Waals surface area contributed by atoms with E-state index in [-0.39, 0.29) is 5.92 Å². The molecule has 0 aromatic carbocycles. The predicted octanol–water partition coefficient (Wildman–Crippen LogP) is 3.12. The topological polar surface area (TPSA) is 36.7 Å². The third-order valence-electron chi connectivity index (χ3n) is 1.49. The van der Waals surface area contributed by atoms with Gasteiger partial charge in [-0.25, -0.2) is 4.98 Å². The molecule has 1 atom stereocenters. The zero-order chi connectivity index (χ0) is 9.14. The van der Waals surface area contributed by atoms with Crippen molar-refractivity contribution >= 4 is 27.5 Å². The van der Waals surface area contributed by atoms with Crippen molar-refractivity contribution in [2.45, 2.75) is 12.8 Å². The second kappa shape index (κ2) is 3.88. The lowest BCUT2D eigenvalue weighted by Crippen LogP contribution is -1.92. The standard InChI is InChI=1S/C8H6BrClN2/c1-5(3-11)7-2-6(9)4-12-8(7)10/h2,4-5H,1H3. The molecule has 0 aliphatic carbocycles. The van der Waals surface area contributed by atoms with Crippen molar-refractivity contribution in [1.29, 1.82) is 5.26 Å². The molecule has 0 aliphatic heterocycles. The molecule has 0 amide bonds. The summed E-state index contributed by atoms with van der Waals surface area (Å²) in [5, 5.41) is 9.05. The fraction of sp³-hybridized carbons (Fsp3) is 0.250. The Morgan fingerprint density at radius 2 is 2.42 bits per heavy atom. The van der Waals surface area contributed by atoms with Gasteiger partial charge < -0.3 is 0 Å². The maximum absolute atomic E-state index is 8.65. The minimum Gasteiger partial charge on any atom is -0.243 e. The normalized spacial score (nSPS) is 12.2. The van der Waals surface area contributed by atoms with Gasteiger partial charge in [-0.3, -0.25) is 0 Å². The Morgan fingerprint density at radius 3 is 3.00 bits per heavy atom. The molecule has 12 heavy (non-hydrogen) atoms. The molecule has 0 saturated heterocycles. The molecule has 62 valence electrons. The van der Waals surface area contributed by atoms with Crippen LogP contribution >= 0.6 is 27.5 Å². The van der Waals surface area contributed by atoms with Crippen molar-refractivity contribution in [1.82, 2.24) is 4.98 Å². The molecule has 0 aliphatic rings. The number of hydrogen-bond acceptors (Lipinski definition) is 2. The number of rotatable bonds is 1. The number of nitrogens with zero attached hydrogens (tertiary/aromatic N) is 2. The van der Waals surface area contributed by atoms with E-state index in [1.54, 1.807) is 13.1 Å². The van der Waals surface area contributed by atoms with Crippen LogP contribution in [-0.4, -0.2) is 4.98 Å². The highest BCUT2D eigenvalue weighted by Crippen LogP contribution is 2.24. The summed E-state index contributed by atoms with van der Waals surface area (Å²) in [6, 6.07) is 3.91. The molecule has 0 N–H and O–H groups in total. The van der Waals surface area contributed by atoms with Crippen molar-refractivity contribution < 1.29 is 0 Å². The molecule has 1 rings (SSSR count). The van der Waals surface area contributed by atoms with Crippen LogP contribution in [0.25, 0.3) is 0 Å². The molecule has 0 saturated carbocycles. The van der Waals surface area contributed by atoms with Crippen LogP contribution in [0.2, 0.25) is 5.15 Å². The molecular formula is C8H6BrClN2. The van der Waals surface area contributed by atoms with Gasteiger partial charge in [0.05, 0.1) is 12.0 Å². The summed E-state index contributed by atoms with van der Waals surface area (Å²) in [6.07, 6.45) is 1.61. The van der Waals surface area contributed by atoms with Crippen molar-refractivity contribution in [3.8, 4) is 6.07 Å². The lowest BCUT2D eigenvalue weighted by molar-refractivity contribution is 0.965. The molecular weight excluding hydrogens is 239 g/mol. The van der Waals surface area contributed by atoms with Gasteiger partial charge in [-0.2, -0.15) is 5.26 Å². The monoisotopic (exact) mass is 244 g/mol. The van der Waals surface area contributed by atoms with E-state index in [1.165, 1.54) is 0 Å². The summed E-state index contributed by atoms with van der Waals surface area (Å²) in [4.78, 5) is 3.92. The van der Waals surface area contributed by atoms with Gasteiger partial charge in [-0.15, -0.1) is 0 Å². The van der Waals surface area contributed by atoms with E-state index in [0.29, 0.717) is 5.15 Å². The Kier molecular flexibility index (Phi) is 3.07. The van der Waals surface area contributed by atoms with Crippen molar-refractivity contribution in [3.05, 3.63) is 27.5 Å². The van der Waals surface area contributed by atoms with Crippen molar-refractivity contribution in [3.63, 3.8) is 0 Å². The van der Waals surface area contributed by atoms with E-state index in [4.69, 9.17) is 16.9 Å². The Labute approximate surface area is 84.3 Å². The highest BCUT2D eigenvalue weighted by atomic mass is 79.9. The summed E-state index contributed by atoms with van der Waals surface area (Å²) in [5.74, 6) is -0.220. The predicted molar refractivity (Wildman–Crippen MR) is 51.0 cm³/mol. The number of halogens is 2. The maximum Gasteiger partial charge on any atom is 0.133 e. The maximum atomic E-state index is 8.65. The molecule has 0 bridgehead atoms. The second-order valence-electron chi connectivity index (χ2n) is 2.38. The van der Waals surface area contributed by atoms with Gasteiger partial charge in [0.1, 0.15) is 5.15 Å². The van der Waals surface area contributed by atoms with Gasteiger partial charge >= 0.3 is 0 Å². The number of nitriles is 1. The van der Waals surface area contributed by atoms with Crippen molar-refractivity contribution in [2.75, 3.05) is 0 Å². The summed E-state index contributed by atoms with van der Waals surface area (Å²) in [7, 11) is 0. The van der Waals surface area contributed by atoms with Crippen LogP contribution in [0.3, 0.4) is 0 Å². The molecule has 1 unspecified atom stereocenters. The Bertz CT molecular complexity index is 332. The average Bonchev–Trinajstić information content (AvgIpc) is 2.08. The molecule has 0 fully saturated rings. The van der Waals surface area contributed by atoms with Gasteiger partial charge in [-0.05, 0) is 28.9 Å². The molecule has 1 aromatic heterocycles. The Morgan fingerprint density at radius 1 is 1.75 bits per heavy atom. The summed E-state index contributed by atoms with van der Waals surface area (Å²) < 4.78 is 0.837. The van der Waals surface area contributed by atoms with Crippen LogP contribution in [0.15, 0.2) is 16.7 Å².